The third kappa shape index (κ3) is 3.88. The van der Waals surface area contributed by atoms with Crippen molar-refractivity contribution in [3.8, 4) is 0 Å². The zero-order valence-corrected chi connectivity index (χ0v) is 13.7. The zero-order chi connectivity index (χ0) is 13.2. The number of rotatable bonds is 3. The summed E-state index contributed by atoms with van der Waals surface area (Å²) >= 11 is 7.48. The van der Waals surface area contributed by atoms with Crippen LogP contribution in [0.25, 0.3) is 0 Å². The lowest BCUT2D eigenvalue weighted by Gasteiger charge is -2.24. The molecule has 0 spiro atoms. The quantitative estimate of drug-likeness (QED) is 0.921. The molecule has 1 amide bonds. The van der Waals surface area contributed by atoms with Crippen molar-refractivity contribution in [3.63, 3.8) is 0 Å². The van der Waals surface area contributed by atoms with Gasteiger partial charge < -0.3 is 10.2 Å². The van der Waals surface area contributed by atoms with Crippen LogP contribution in [-0.4, -0.2) is 36.0 Å². The van der Waals surface area contributed by atoms with Gasteiger partial charge in [-0.05, 0) is 37.8 Å². The fourth-order valence-electron chi connectivity index (χ4n) is 3.04. The van der Waals surface area contributed by atoms with Crippen LogP contribution in [-0.2, 0) is 11.2 Å². The molecule has 2 aliphatic heterocycles. The highest BCUT2D eigenvalue weighted by Gasteiger charge is 2.30. The molecule has 0 saturated carbocycles. The molecule has 0 radical (unpaired) electrons. The lowest BCUT2D eigenvalue weighted by Crippen LogP contribution is -2.39. The van der Waals surface area contributed by atoms with E-state index in [2.05, 4.69) is 5.32 Å². The third-order valence-corrected chi connectivity index (χ3v) is 5.38. The third-order valence-electron chi connectivity index (χ3n) is 4.09. The van der Waals surface area contributed by atoms with Crippen LogP contribution >= 0.6 is 35.3 Å². The summed E-state index contributed by atoms with van der Waals surface area (Å²) < 4.78 is 0.804. The van der Waals surface area contributed by atoms with Gasteiger partial charge in [-0.25, -0.2) is 0 Å². The predicted octanol–water partition coefficient (Wildman–Crippen LogP) is 3.11. The summed E-state index contributed by atoms with van der Waals surface area (Å²) in [5, 5.41) is 3.61. The van der Waals surface area contributed by atoms with Gasteiger partial charge in [-0.2, -0.15) is 0 Å². The minimum atomic E-state index is 0. The van der Waals surface area contributed by atoms with Crippen molar-refractivity contribution < 1.29 is 4.79 Å². The Morgan fingerprint density at radius 1 is 1.35 bits per heavy atom. The Bertz CT molecular complexity index is 466. The van der Waals surface area contributed by atoms with E-state index in [0.29, 0.717) is 24.4 Å². The van der Waals surface area contributed by atoms with Crippen molar-refractivity contribution in [1.82, 2.24) is 10.2 Å². The fraction of sp³-hybridized carbons (Fsp3) is 0.643. The van der Waals surface area contributed by atoms with Crippen molar-refractivity contribution in [3.05, 3.63) is 21.3 Å². The van der Waals surface area contributed by atoms with Gasteiger partial charge in [0.2, 0.25) is 5.91 Å². The molecule has 2 saturated heterocycles. The Labute approximate surface area is 135 Å². The topological polar surface area (TPSA) is 32.3 Å². The maximum Gasteiger partial charge on any atom is 0.222 e. The van der Waals surface area contributed by atoms with E-state index in [9.17, 15) is 4.79 Å². The average molecular weight is 335 g/mol. The summed E-state index contributed by atoms with van der Waals surface area (Å²) in [5.74, 6) is 0.291. The minimum Gasteiger partial charge on any atom is -0.341 e. The van der Waals surface area contributed by atoms with Gasteiger partial charge in [0.1, 0.15) is 0 Å². The van der Waals surface area contributed by atoms with Gasteiger partial charge >= 0.3 is 0 Å². The lowest BCUT2D eigenvalue weighted by atomic mass is 10.1. The van der Waals surface area contributed by atoms with Crippen molar-refractivity contribution in [2.45, 2.75) is 44.2 Å². The first-order valence-electron chi connectivity index (χ1n) is 6.99. The molecule has 3 nitrogen and oxygen atoms in total. The largest absolute Gasteiger partial charge is 0.341 e. The number of thiophene rings is 1. The SMILES string of the molecule is Cl.O=C(CCc1ccc(Cl)s1)N1CCC2CCC(C1)N2. The molecule has 0 aromatic carbocycles. The van der Waals surface area contributed by atoms with E-state index < -0.39 is 0 Å². The van der Waals surface area contributed by atoms with E-state index >= 15 is 0 Å². The molecular formula is C14H20Cl2N2OS. The fourth-order valence-corrected chi connectivity index (χ4v) is 4.13. The molecule has 0 aliphatic carbocycles. The van der Waals surface area contributed by atoms with Crippen LogP contribution in [0.15, 0.2) is 12.1 Å². The standard InChI is InChI=1S/C14H19ClN2OS.ClH/c15-13-5-3-12(19-13)4-6-14(18)17-8-7-10-1-2-11(9-17)16-10;/h3,5,10-11,16H,1-2,4,6-9H2;1H. The highest BCUT2D eigenvalue weighted by Crippen LogP contribution is 2.24. The van der Waals surface area contributed by atoms with Crippen LogP contribution in [0.5, 0.6) is 0 Å². The molecule has 2 unspecified atom stereocenters. The monoisotopic (exact) mass is 334 g/mol. The van der Waals surface area contributed by atoms with Gasteiger partial charge in [-0.3, -0.25) is 4.79 Å². The van der Waals surface area contributed by atoms with Gasteiger partial charge in [-0.15, -0.1) is 23.7 Å². The molecule has 1 aromatic heterocycles. The van der Waals surface area contributed by atoms with Gasteiger partial charge in [0.05, 0.1) is 4.34 Å². The normalized spacial score (nSPS) is 25.1. The van der Waals surface area contributed by atoms with E-state index in [1.54, 1.807) is 11.3 Å². The second-order valence-corrected chi connectivity index (χ2v) is 7.27. The van der Waals surface area contributed by atoms with Crippen LogP contribution in [0.3, 0.4) is 0 Å². The average Bonchev–Trinajstić information content (AvgIpc) is 2.92. The van der Waals surface area contributed by atoms with Gasteiger partial charge in [0.15, 0.2) is 0 Å². The number of nitrogens with zero attached hydrogens (tertiary/aromatic N) is 1. The predicted molar refractivity (Wildman–Crippen MR) is 86.0 cm³/mol. The van der Waals surface area contributed by atoms with Crippen LogP contribution in [0.1, 0.15) is 30.6 Å². The first kappa shape index (κ1) is 16.1. The van der Waals surface area contributed by atoms with E-state index in [0.717, 1.165) is 30.3 Å². The first-order chi connectivity index (χ1) is 9.20. The molecule has 1 aromatic rings. The van der Waals surface area contributed by atoms with Crippen molar-refractivity contribution in [2.75, 3.05) is 13.1 Å². The van der Waals surface area contributed by atoms with E-state index in [-0.39, 0.29) is 12.4 Å². The number of likely N-dealkylation sites (tertiary alicyclic amines) is 1. The Morgan fingerprint density at radius 2 is 2.15 bits per heavy atom. The maximum absolute atomic E-state index is 12.3. The molecule has 2 fully saturated rings. The molecule has 2 bridgehead atoms. The number of nitrogens with one attached hydrogen (secondary N) is 1. The molecule has 20 heavy (non-hydrogen) atoms. The molecule has 2 atom stereocenters. The second kappa shape index (κ2) is 7.12. The first-order valence-corrected chi connectivity index (χ1v) is 8.18. The van der Waals surface area contributed by atoms with E-state index in [1.807, 2.05) is 17.0 Å². The highest BCUT2D eigenvalue weighted by molar-refractivity contribution is 7.16. The van der Waals surface area contributed by atoms with E-state index in [1.165, 1.54) is 17.7 Å². The Hall–Kier alpha value is -0.290. The Balaban J connectivity index is 0.00000147. The minimum absolute atomic E-state index is 0. The molecule has 3 heterocycles. The van der Waals surface area contributed by atoms with Crippen LogP contribution < -0.4 is 5.32 Å². The maximum atomic E-state index is 12.3. The Morgan fingerprint density at radius 3 is 2.90 bits per heavy atom. The van der Waals surface area contributed by atoms with Crippen molar-refractivity contribution in [2.24, 2.45) is 0 Å². The zero-order valence-electron chi connectivity index (χ0n) is 11.3. The summed E-state index contributed by atoms with van der Waals surface area (Å²) in [4.78, 5) is 15.5. The number of fused-ring (bicyclic) bond motifs is 2. The van der Waals surface area contributed by atoms with Crippen LogP contribution in [0, 0.1) is 0 Å². The number of carbonyl (C=O) groups excluding carboxylic acids is 1. The number of aryl methyl sites for hydroxylation is 1. The van der Waals surface area contributed by atoms with Gasteiger partial charge in [0.25, 0.3) is 0 Å². The van der Waals surface area contributed by atoms with Crippen molar-refractivity contribution in [1.29, 1.82) is 0 Å². The summed E-state index contributed by atoms with van der Waals surface area (Å²) in [7, 11) is 0. The smallest absolute Gasteiger partial charge is 0.222 e. The number of carbonyl (C=O) groups is 1. The van der Waals surface area contributed by atoms with Crippen LogP contribution in [0.4, 0.5) is 0 Å². The number of halogens is 2. The lowest BCUT2D eigenvalue weighted by molar-refractivity contribution is -0.131. The van der Waals surface area contributed by atoms with Gasteiger partial charge in [0, 0.05) is 36.5 Å². The summed E-state index contributed by atoms with van der Waals surface area (Å²) in [6.07, 6.45) is 5.02. The number of hydrogen-bond acceptors (Lipinski definition) is 3. The summed E-state index contributed by atoms with van der Waals surface area (Å²) in [6.45, 7) is 1.80. The molecule has 1 N–H and O–H groups in total. The van der Waals surface area contributed by atoms with E-state index in [4.69, 9.17) is 11.6 Å². The molecular weight excluding hydrogens is 315 g/mol. The molecule has 2 aliphatic rings. The summed E-state index contributed by atoms with van der Waals surface area (Å²) in [5.41, 5.74) is 0. The summed E-state index contributed by atoms with van der Waals surface area (Å²) in [6, 6.07) is 5.08. The molecule has 112 valence electrons. The second-order valence-electron chi connectivity index (χ2n) is 5.47. The Kier molecular flexibility index (Phi) is 5.73. The van der Waals surface area contributed by atoms with Gasteiger partial charge in [-0.1, -0.05) is 11.6 Å². The molecule has 6 heteroatoms. The number of amides is 1. The van der Waals surface area contributed by atoms with Crippen LogP contribution in [0.2, 0.25) is 4.34 Å². The highest BCUT2D eigenvalue weighted by atomic mass is 35.5. The molecule has 3 rings (SSSR count). The van der Waals surface area contributed by atoms with Crippen molar-refractivity contribution >= 4 is 41.3 Å². The number of hydrogen-bond donors (Lipinski definition) is 1.